The summed E-state index contributed by atoms with van der Waals surface area (Å²) in [4.78, 5) is 29.1. The molecule has 1 aromatic rings. The zero-order valence-corrected chi connectivity index (χ0v) is 20.9. The second kappa shape index (κ2) is 9.88. The first-order valence-corrected chi connectivity index (χ1v) is 13.4. The van der Waals surface area contributed by atoms with Gasteiger partial charge in [-0.15, -0.1) is 0 Å². The molecule has 0 spiro atoms. The number of benzene rings is 1. The number of hydrogen-bond acceptors (Lipinski definition) is 4. The molecule has 6 rings (SSSR count). The summed E-state index contributed by atoms with van der Waals surface area (Å²) in [6.45, 7) is 5.42. The number of nitrogens with one attached hydrogen (secondary N) is 2. The van der Waals surface area contributed by atoms with E-state index < -0.39 is 0 Å². The van der Waals surface area contributed by atoms with Crippen molar-refractivity contribution in [1.29, 1.82) is 0 Å². The van der Waals surface area contributed by atoms with Gasteiger partial charge in [-0.3, -0.25) is 9.59 Å². The Bertz CT molecular complexity index is 871. The lowest BCUT2D eigenvalue weighted by Gasteiger charge is -2.55. The summed E-state index contributed by atoms with van der Waals surface area (Å²) in [5.74, 6) is 3.02. The molecule has 1 aromatic carbocycles. The predicted molar refractivity (Wildman–Crippen MR) is 135 cm³/mol. The molecule has 4 bridgehead atoms. The summed E-state index contributed by atoms with van der Waals surface area (Å²) < 4.78 is 5.11. The molecule has 0 aromatic heterocycles. The van der Waals surface area contributed by atoms with E-state index in [0.29, 0.717) is 18.7 Å². The molecular formula is C28H41N3O3. The first-order chi connectivity index (χ1) is 16.5. The van der Waals surface area contributed by atoms with Crippen molar-refractivity contribution in [3.8, 4) is 0 Å². The number of rotatable bonds is 8. The topological polar surface area (TPSA) is 70.7 Å². The molecule has 2 N–H and O–H groups in total. The van der Waals surface area contributed by atoms with Crippen molar-refractivity contribution >= 4 is 23.2 Å². The van der Waals surface area contributed by atoms with Crippen LogP contribution >= 0.6 is 0 Å². The fourth-order valence-corrected chi connectivity index (χ4v) is 7.49. The van der Waals surface area contributed by atoms with Crippen LogP contribution in [-0.2, 0) is 9.53 Å². The van der Waals surface area contributed by atoms with Crippen LogP contribution in [0.1, 0.15) is 75.1 Å². The standard InChI is InChI=1S/C28H41N3O3/c1-19-6-9-31(10-7-19)25-5-4-23(15-24(25)26(32)29-8-3-11-34-2)30-27(33)28-16-20-12-21(17-28)14-22(13-20)18-28/h4-5,15,19-22H,3,6-14,16-18H2,1-2H3,(H,29,32)(H,30,33). The Hall–Kier alpha value is -2.08. The van der Waals surface area contributed by atoms with Crippen molar-refractivity contribution in [3.63, 3.8) is 0 Å². The molecule has 0 unspecified atom stereocenters. The van der Waals surface area contributed by atoms with E-state index in [2.05, 4.69) is 22.5 Å². The number of carbonyl (C=O) groups excluding carboxylic acids is 2. The average Bonchev–Trinajstić information content (AvgIpc) is 2.81. The maximum Gasteiger partial charge on any atom is 0.253 e. The Morgan fingerprint density at radius 3 is 2.32 bits per heavy atom. The number of hydrogen-bond donors (Lipinski definition) is 2. The number of ether oxygens (including phenoxy) is 1. The minimum atomic E-state index is -0.195. The highest BCUT2D eigenvalue weighted by molar-refractivity contribution is 6.02. The average molecular weight is 468 g/mol. The van der Waals surface area contributed by atoms with Crippen molar-refractivity contribution in [2.45, 2.75) is 64.7 Å². The maximum atomic E-state index is 13.6. The van der Waals surface area contributed by atoms with Gasteiger partial charge in [0.15, 0.2) is 0 Å². The first-order valence-electron chi connectivity index (χ1n) is 13.4. The van der Waals surface area contributed by atoms with E-state index in [1.54, 1.807) is 7.11 Å². The fourth-order valence-electron chi connectivity index (χ4n) is 7.49. The van der Waals surface area contributed by atoms with Crippen molar-refractivity contribution < 1.29 is 14.3 Å². The molecule has 6 nitrogen and oxygen atoms in total. The Kier molecular flexibility index (Phi) is 6.88. The summed E-state index contributed by atoms with van der Waals surface area (Å²) in [6.07, 6.45) is 10.2. The molecule has 4 aliphatic carbocycles. The largest absolute Gasteiger partial charge is 0.385 e. The van der Waals surface area contributed by atoms with Gasteiger partial charge >= 0.3 is 0 Å². The quantitative estimate of drug-likeness (QED) is 0.537. The van der Waals surface area contributed by atoms with Gasteiger partial charge in [0.1, 0.15) is 0 Å². The minimum Gasteiger partial charge on any atom is -0.385 e. The molecule has 0 radical (unpaired) electrons. The van der Waals surface area contributed by atoms with Crippen molar-refractivity contribution in [1.82, 2.24) is 5.32 Å². The molecule has 1 heterocycles. The van der Waals surface area contributed by atoms with E-state index in [1.165, 1.54) is 19.3 Å². The van der Waals surface area contributed by atoms with Crippen LogP contribution in [0.15, 0.2) is 18.2 Å². The van der Waals surface area contributed by atoms with Crippen LogP contribution in [0.2, 0.25) is 0 Å². The van der Waals surface area contributed by atoms with Crippen LogP contribution in [0, 0.1) is 29.1 Å². The first kappa shape index (κ1) is 23.7. The molecule has 4 saturated carbocycles. The number of anilines is 2. The van der Waals surface area contributed by atoms with Gasteiger partial charge in [0.05, 0.1) is 11.0 Å². The van der Waals surface area contributed by atoms with Crippen molar-refractivity contribution in [2.24, 2.45) is 29.1 Å². The van der Waals surface area contributed by atoms with Crippen LogP contribution in [0.25, 0.3) is 0 Å². The van der Waals surface area contributed by atoms with Gasteiger partial charge in [-0.05, 0) is 99.7 Å². The minimum absolute atomic E-state index is 0.0735. The summed E-state index contributed by atoms with van der Waals surface area (Å²) >= 11 is 0. The third-order valence-corrected chi connectivity index (χ3v) is 8.95. The molecule has 5 fully saturated rings. The van der Waals surface area contributed by atoms with Gasteiger partial charge in [0.2, 0.25) is 5.91 Å². The van der Waals surface area contributed by atoms with E-state index in [1.807, 2.05) is 18.2 Å². The predicted octanol–water partition coefficient (Wildman–Crippen LogP) is 4.84. The lowest BCUT2D eigenvalue weighted by Crippen LogP contribution is -2.51. The summed E-state index contributed by atoms with van der Waals surface area (Å²) in [7, 11) is 1.67. The van der Waals surface area contributed by atoms with Gasteiger partial charge in [0.25, 0.3) is 5.91 Å². The highest BCUT2D eigenvalue weighted by Gasteiger charge is 2.54. The summed E-state index contributed by atoms with van der Waals surface area (Å²) in [6, 6.07) is 5.93. The van der Waals surface area contributed by atoms with Crippen LogP contribution in [0.5, 0.6) is 0 Å². The number of carbonyl (C=O) groups is 2. The van der Waals surface area contributed by atoms with Crippen molar-refractivity contribution in [2.75, 3.05) is 43.6 Å². The van der Waals surface area contributed by atoms with E-state index in [9.17, 15) is 9.59 Å². The van der Waals surface area contributed by atoms with Crippen molar-refractivity contribution in [3.05, 3.63) is 23.8 Å². The Labute approximate surface area is 204 Å². The third-order valence-electron chi connectivity index (χ3n) is 8.95. The van der Waals surface area contributed by atoms with Gasteiger partial charge in [-0.1, -0.05) is 6.92 Å². The SMILES string of the molecule is COCCCNC(=O)c1cc(NC(=O)C23CC4CC(CC(C4)C2)C3)ccc1N1CCC(C)CC1. The molecule has 2 amide bonds. The maximum absolute atomic E-state index is 13.6. The number of piperidine rings is 1. The second-order valence-corrected chi connectivity index (χ2v) is 11.7. The van der Waals surface area contributed by atoms with Crippen LogP contribution in [-0.4, -0.2) is 45.2 Å². The number of methoxy groups -OCH3 is 1. The zero-order chi connectivity index (χ0) is 23.7. The van der Waals surface area contributed by atoms with E-state index in [-0.39, 0.29) is 17.2 Å². The second-order valence-electron chi connectivity index (χ2n) is 11.7. The zero-order valence-electron chi connectivity index (χ0n) is 20.9. The van der Waals surface area contributed by atoms with Gasteiger partial charge < -0.3 is 20.3 Å². The van der Waals surface area contributed by atoms with E-state index in [0.717, 1.165) is 86.7 Å². The Morgan fingerprint density at radius 1 is 1.06 bits per heavy atom. The molecule has 186 valence electrons. The highest BCUT2D eigenvalue weighted by Crippen LogP contribution is 2.60. The Balaban J connectivity index is 1.34. The molecule has 34 heavy (non-hydrogen) atoms. The van der Waals surface area contributed by atoms with E-state index >= 15 is 0 Å². The molecule has 1 aliphatic heterocycles. The van der Waals surface area contributed by atoms with Gasteiger partial charge in [0, 0.05) is 44.7 Å². The van der Waals surface area contributed by atoms with E-state index in [4.69, 9.17) is 4.74 Å². The van der Waals surface area contributed by atoms with Crippen LogP contribution < -0.4 is 15.5 Å². The summed E-state index contributed by atoms with van der Waals surface area (Å²) in [5, 5.41) is 6.30. The van der Waals surface area contributed by atoms with Crippen LogP contribution in [0.4, 0.5) is 11.4 Å². The molecular weight excluding hydrogens is 426 g/mol. The number of amides is 2. The van der Waals surface area contributed by atoms with Gasteiger partial charge in [-0.25, -0.2) is 0 Å². The molecule has 6 heteroatoms. The van der Waals surface area contributed by atoms with Gasteiger partial charge in [-0.2, -0.15) is 0 Å². The molecule has 5 aliphatic rings. The Morgan fingerprint density at radius 2 is 1.71 bits per heavy atom. The summed E-state index contributed by atoms with van der Waals surface area (Å²) in [5.41, 5.74) is 2.19. The molecule has 0 atom stereocenters. The lowest BCUT2D eigenvalue weighted by molar-refractivity contribution is -0.140. The third kappa shape index (κ3) is 4.84. The molecule has 1 saturated heterocycles. The highest BCUT2D eigenvalue weighted by atomic mass is 16.5. The monoisotopic (exact) mass is 467 g/mol. The normalized spacial score (nSPS) is 30.4. The van der Waals surface area contributed by atoms with Crippen LogP contribution in [0.3, 0.4) is 0 Å². The lowest BCUT2D eigenvalue weighted by atomic mass is 9.49. The fraction of sp³-hybridized carbons (Fsp3) is 0.714. The number of nitrogens with zero attached hydrogens (tertiary/aromatic N) is 1. The smallest absolute Gasteiger partial charge is 0.253 e.